The van der Waals surface area contributed by atoms with Crippen LogP contribution in [-0.2, 0) is 4.79 Å². The molecule has 1 saturated carbocycles. The normalized spacial score (nSPS) is 17.6. The van der Waals surface area contributed by atoms with Gasteiger partial charge in [-0.2, -0.15) is 0 Å². The number of rotatable bonds is 6. The fourth-order valence-electron chi connectivity index (χ4n) is 2.70. The zero-order valence-corrected chi connectivity index (χ0v) is 13.1. The van der Waals surface area contributed by atoms with Crippen LogP contribution < -0.4 is 5.32 Å². The molecule has 108 valence electrons. The number of amides is 1. The minimum Gasteiger partial charge on any atom is -0.339 e. The molecule has 1 rings (SSSR count). The zero-order valence-electron chi connectivity index (χ0n) is 12.2. The van der Waals surface area contributed by atoms with Crippen molar-refractivity contribution in [3.8, 4) is 0 Å². The number of hydrogen-bond donors (Lipinski definition) is 1. The van der Waals surface area contributed by atoms with Crippen LogP contribution in [0.5, 0.6) is 0 Å². The summed E-state index contributed by atoms with van der Waals surface area (Å²) in [4.78, 5) is 14.6. The molecule has 18 heavy (non-hydrogen) atoms. The molecule has 1 aliphatic rings. The second-order valence-electron chi connectivity index (χ2n) is 5.78. The summed E-state index contributed by atoms with van der Waals surface area (Å²) < 4.78 is 0. The van der Waals surface area contributed by atoms with E-state index in [1.165, 1.54) is 25.7 Å². The Bertz CT molecular complexity index is 240. The van der Waals surface area contributed by atoms with Gasteiger partial charge in [-0.1, -0.05) is 33.6 Å². The van der Waals surface area contributed by atoms with Gasteiger partial charge in [-0.05, 0) is 25.8 Å². The number of carbonyl (C=O) groups is 1. The highest BCUT2D eigenvalue weighted by molar-refractivity contribution is 5.85. The number of nitrogens with one attached hydrogen (secondary N) is 1. The molecule has 0 saturated heterocycles. The van der Waals surface area contributed by atoms with E-state index in [1.54, 1.807) is 0 Å². The van der Waals surface area contributed by atoms with E-state index < -0.39 is 0 Å². The Morgan fingerprint density at radius 3 is 2.28 bits per heavy atom. The first-order chi connectivity index (χ1) is 8.06. The SMILES string of the molecule is CNCC(C)C(=O)N(CC(C)C)C1CCCC1.Cl. The number of nitrogens with zero attached hydrogens (tertiary/aromatic N) is 1. The van der Waals surface area contributed by atoms with Crippen molar-refractivity contribution in [3.05, 3.63) is 0 Å². The number of halogens is 1. The fraction of sp³-hybridized carbons (Fsp3) is 0.929. The number of carbonyl (C=O) groups excluding carboxylic acids is 1. The van der Waals surface area contributed by atoms with Crippen molar-refractivity contribution in [2.45, 2.75) is 52.5 Å². The Balaban J connectivity index is 0.00000289. The van der Waals surface area contributed by atoms with Crippen LogP contribution in [0, 0.1) is 11.8 Å². The molecule has 0 aromatic heterocycles. The lowest BCUT2D eigenvalue weighted by atomic mass is 10.1. The predicted molar refractivity (Wildman–Crippen MR) is 79.1 cm³/mol. The van der Waals surface area contributed by atoms with E-state index in [1.807, 2.05) is 14.0 Å². The smallest absolute Gasteiger partial charge is 0.226 e. The molecule has 1 fully saturated rings. The molecule has 0 spiro atoms. The van der Waals surface area contributed by atoms with E-state index >= 15 is 0 Å². The van der Waals surface area contributed by atoms with Crippen molar-refractivity contribution in [2.75, 3.05) is 20.1 Å². The van der Waals surface area contributed by atoms with Gasteiger partial charge in [0.05, 0.1) is 0 Å². The molecule has 4 heteroatoms. The summed E-state index contributed by atoms with van der Waals surface area (Å²) in [6.45, 7) is 8.11. The standard InChI is InChI=1S/C14H28N2O.ClH/c1-11(2)10-16(13-7-5-6-8-13)14(17)12(3)9-15-4;/h11-13,15H,5-10H2,1-4H3;1H. The molecule has 1 unspecified atom stereocenters. The number of hydrogen-bond acceptors (Lipinski definition) is 2. The van der Waals surface area contributed by atoms with Crippen LogP contribution in [-0.4, -0.2) is 37.0 Å². The van der Waals surface area contributed by atoms with Crippen LogP contribution in [0.25, 0.3) is 0 Å². The third-order valence-corrected chi connectivity index (χ3v) is 3.54. The Kier molecular flexibility index (Phi) is 8.62. The van der Waals surface area contributed by atoms with E-state index in [4.69, 9.17) is 0 Å². The van der Waals surface area contributed by atoms with Crippen LogP contribution in [0.2, 0.25) is 0 Å². The van der Waals surface area contributed by atoms with Gasteiger partial charge in [0.1, 0.15) is 0 Å². The van der Waals surface area contributed by atoms with E-state index in [9.17, 15) is 4.79 Å². The molecule has 3 nitrogen and oxygen atoms in total. The molecular formula is C14H29ClN2O. The second kappa shape index (κ2) is 8.76. The summed E-state index contributed by atoms with van der Waals surface area (Å²) in [5.41, 5.74) is 0. The first-order valence-electron chi connectivity index (χ1n) is 7.01. The molecule has 1 atom stereocenters. The van der Waals surface area contributed by atoms with Gasteiger partial charge in [0.2, 0.25) is 5.91 Å². The van der Waals surface area contributed by atoms with Gasteiger partial charge in [-0.15, -0.1) is 12.4 Å². The summed E-state index contributed by atoms with van der Waals surface area (Å²) in [5, 5.41) is 3.10. The molecule has 0 aliphatic heterocycles. The highest BCUT2D eigenvalue weighted by atomic mass is 35.5. The lowest BCUT2D eigenvalue weighted by Crippen LogP contribution is -2.45. The summed E-state index contributed by atoms with van der Waals surface area (Å²) in [6, 6.07) is 0.504. The molecule has 0 bridgehead atoms. The van der Waals surface area contributed by atoms with Crippen LogP contribution in [0.1, 0.15) is 46.5 Å². The van der Waals surface area contributed by atoms with Crippen LogP contribution in [0.15, 0.2) is 0 Å². The highest BCUT2D eigenvalue weighted by Crippen LogP contribution is 2.25. The van der Waals surface area contributed by atoms with Crippen molar-refractivity contribution in [1.29, 1.82) is 0 Å². The van der Waals surface area contributed by atoms with Crippen molar-refractivity contribution in [1.82, 2.24) is 10.2 Å². The largest absolute Gasteiger partial charge is 0.339 e. The van der Waals surface area contributed by atoms with Gasteiger partial charge in [0.25, 0.3) is 0 Å². The summed E-state index contributed by atoms with van der Waals surface area (Å²) in [5.74, 6) is 0.987. The van der Waals surface area contributed by atoms with Crippen molar-refractivity contribution < 1.29 is 4.79 Å². The first kappa shape index (κ1) is 17.7. The van der Waals surface area contributed by atoms with Gasteiger partial charge in [0.15, 0.2) is 0 Å². The first-order valence-corrected chi connectivity index (χ1v) is 7.01. The highest BCUT2D eigenvalue weighted by Gasteiger charge is 2.29. The van der Waals surface area contributed by atoms with Gasteiger partial charge in [-0.3, -0.25) is 4.79 Å². The molecular weight excluding hydrogens is 248 g/mol. The Morgan fingerprint density at radius 2 is 1.83 bits per heavy atom. The third kappa shape index (κ3) is 5.15. The van der Waals surface area contributed by atoms with E-state index in [2.05, 4.69) is 24.1 Å². The van der Waals surface area contributed by atoms with Crippen molar-refractivity contribution in [3.63, 3.8) is 0 Å². The van der Waals surface area contributed by atoms with Gasteiger partial charge >= 0.3 is 0 Å². The van der Waals surface area contributed by atoms with Gasteiger partial charge < -0.3 is 10.2 Å². The zero-order chi connectivity index (χ0) is 12.8. The predicted octanol–water partition coefficient (Wildman–Crippen LogP) is 2.69. The Morgan fingerprint density at radius 1 is 1.28 bits per heavy atom. The molecule has 1 N–H and O–H groups in total. The Labute approximate surface area is 118 Å². The third-order valence-electron chi connectivity index (χ3n) is 3.54. The molecule has 1 aliphatic carbocycles. The maximum absolute atomic E-state index is 12.4. The van der Waals surface area contributed by atoms with E-state index in [-0.39, 0.29) is 18.3 Å². The van der Waals surface area contributed by atoms with Gasteiger partial charge in [0, 0.05) is 25.0 Å². The quantitative estimate of drug-likeness (QED) is 0.809. The molecule has 0 aromatic rings. The second-order valence-corrected chi connectivity index (χ2v) is 5.78. The Hall–Kier alpha value is -0.280. The van der Waals surface area contributed by atoms with Gasteiger partial charge in [-0.25, -0.2) is 0 Å². The minimum absolute atomic E-state index is 0. The maximum atomic E-state index is 12.4. The minimum atomic E-state index is 0. The monoisotopic (exact) mass is 276 g/mol. The summed E-state index contributed by atoms with van der Waals surface area (Å²) >= 11 is 0. The van der Waals surface area contributed by atoms with Crippen molar-refractivity contribution in [2.24, 2.45) is 11.8 Å². The van der Waals surface area contributed by atoms with Crippen LogP contribution in [0.4, 0.5) is 0 Å². The molecule has 0 heterocycles. The average molecular weight is 277 g/mol. The molecule has 1 amide bonds. The maximum Gasteiger partial charge on any atom is 0.226 e. The summed E-state index contributed by atoms with van der Waals surface area (Å²) in [7, 11) is 1.91. The summed E-state index contributed by atoms with van der Waals surface area (Å²) in [6.07, 6.45) is 4.97. The average Bonchev–Trinajstić information content (AvgIpc) is 2.78. The topological polar surface area (TPSA) is 32.3 Å². The van der Waals surface area contributed by atoms with E-state index in [0.717, 1.165) is 13.1 Å². The van der Waals surface area contributed by atoms with Crippen LogP contribution in [0.3, 0.4) is 0 Å². The lowest BCUT2D eigenvalue weighted by molar-refractivity contribution is -0.137. The van der Waals surface area contributed by atoms with Crippen molar-refractivity contribution >= 4 is 18.3 Å². The van der Waals surface area contributed by atoms with Crippen LogP contribution >= 0.6 is 12.4 Å². The molecule has 0 aromatic carbocycles. The van der Waals surface area contributed by atoms with E-state index in [0.29, 0.717) is 17.9 Å². The molecule has 0 radical (unpaired) electrons. The lowest BCUT2D eigenvalue weighted by Gasteiger charge is -2.33. The fourth-order valence-corrected chi connectivity index (χ4v) is 2.70.